The molecular formula is C9H15N3O. The Morgan fingerprint density at radius 2 is 2.46 bits per heavy atom. The van der Waals surface area contributed by atoms with Crippen molar-refractivity contribution in [3.05, 3.63) is 0 Å². The molecule has 0 bridgehead atoms. The maximum atomic E-state index is 10.8. The molecule has 4 heteroatoms. The van der Waals surface area contributed by atoms with Crippen LogP contribution in [-0.2, 0) is 4.79 Å². The Morgan fingerprint density at radius 3 is 3.08 bits per heavy atom. The Morgan fingerprint density at radius 1 is 1.62 bits per heavy atom. The molecule has 0 aromatic heterocycles. The molecule has 1 aliphatic heterocycles. The minimum absolute atomic E-state index is 0.134. The number of rotatable bonds is 5. The summed E-state index contributed by atoms with van der Waals surface area (Å²) in [5.41, 5.74) is 0. The number of hydrogen-bond donors (Lipinski definition) is 2. The highest BCUT2D eigenvalue weighted by molar-refractivity contribution is 5.78. The van der Waals surface area contributed by atoms with Crippen LogP contribution in [0.25, 0.3) is 0 Å². The number of nitrogens with one attached hydrogen (secondary N) is 2. The summed E-state index contributed by atoms with van der Waals surface area (Å²) in [6.45, 7) is 1.65. The average molecular weight is 181 g/mol. The van der Waals surface area contributed by atoms with Crippen LogP contribution in [-0.4, -0.2) is 25.0 Å². The summed E-state index contributed by atoms with van der Waals surface area (Å²) in [5, 5.41) is 14.3. The zero-order chi connectivity index (χ0) is 9.52. The van der Waals surface area contributed by atoms with E-state index in [9.17, 15) is 4.79 Å². The largest absolute Gasteiger partial charge is 0.354 e. The van der Waals surface area contributed by atoms with Gasteiger partial charge in [-0.15, -0.1) is 0 Å². The third kappa shape index (κ3) is 3.90. The van der Waals surface area contributed by atoms with Gasteiger partial charge in [0.15, 0.2) is 0 Å². The van der Waals surface area contributed by atoms with Gasteiger partial charge in [-0.1, -0.05) is 0 Å². The van der Waals surface area contributed by atoms with Gasteiger partial charge in [0.05, 0.1) is 6.07 Å². The van der Waals surface area contributed by atoms with E-state index in [0.717, 1.165) is 25.9 Å². The van der Waals surface area contributed by atoms with Crippen molar-refractivity contribution >= 4 is 5.91 Å². The first-order valence-corrected chi connectivity index (χ1v) is 4.70. The Balaban J connectivity index is 1.95. The molecule has 0 aromatic carbocycles. The molecule has 0 radical (unpaired) electrons. The normalized spacial score (nSPS) is 21.2. The summed E-state index contributed by atoms with van der Waals surface area (Å²) in [5.74, 6) is 0.134. The molecule has 4 nitrogen and oxygen atoms in total. The fraction of sp³-hybridized carbons (Fsp3) is 0.778. The quantitative estimate of drug-likeness (QED) is 0.594. The van der Waals surface area contributed by atoms with Crippen molar-refractivity contribution in [1.29, 1.82) is 5.26 Å². The SMILES string of the molecule is N#CCCCCNC1CNC(=O)C1. The monoisotopic (exact) mass is 181 g/mol. The predicted molar refractivity (Wildman–Crippen MR) is 48.9 cm³/mol. The lowest BCUT2D eigenvalue weighted by Crippen LogP contribution is -2.31. The Bertz CT molecular complexity index is 209. The first-order chi connectivity index (χ1) is 6.33. The Kier molecular flexibility index (Phi) is 4.27. The van der Waals surface area contributed by atoms with Crippen LogP contribution in [0.1, 0.15) is 25.7 Å². The van der Waals surface area contributed by atoms with Crippen LogP contribution in [0, 0.1) is 11.3 Å². The van der Waals surface area contributed by atoms with Gasteiger partial charge in [-0.3, -0.25) is 4.79 Å². The summed E-state index contributed by atoms with van der Waals surface area (Å²) < 4.78 is 0. The summed E-state index contributed by atoms with van der Waals surface area (Å²) in [4.78, 5) is 10.8. The highest BCUT2D eigenvalue weighted by atomic mass is 16.1. The number of nitrogens with zero attached hydrogens (tertiary/aromatic N) is 1. The highest BCUT2D eigenvalue weighted by Gasteiger charge is 2.19. The molecule has 0 aliphatic carbocycles. The standard InChI is InChI=1S/C9H15N3O/c10-4-2-1-3-5-11-8-6-9(13)12-7-8/h8,11H,1-3,5-7H2,(H,12,13). The maximum absolute atomic E-state index is 10.8. The van der Waals surface area contributed by atoms with Crippen LogP contribution in [0.15, 0.2) is 0 Å². The molecule has 1 fully saturated rings. The smallest absolute Gasteiger partial charge is 0.221 e. The molecule has 2 N–H and O–H groups in total. The predicted octanol–water partition coefficient (Wildman–Crippen LogP) is 0.158. The molecule has 13 heavy (non-hydrogen) atoms. The lowest BCUT2D eigenvalue weighted by Gasteiger charge is -2.08. The van der Waals surface area contributed by atoms with Gasteiger partial charge in [-0.25, -0.2) is 0 Å². The molecule has 72 valence electrons. The van der Waals surface area contributed by atoms with Crippen molar-refractivity contribution in [3.8, 4) is 6.07 Å². The number of hydrogen-bond acceptors (Lipinski definition) is 3. The molecule has 1 heterocycles. The van der Waals surface area contributed by atoms with Gasteiger partial charge in [0.25, 0.3) is 0 Å². The van der Waals surface area contributed by atoms with E-state index in [1.807, 2.05) is 0 Å². The van der Waals surface area contributed by atoms with Gasteiger partial charge < -0.3 is 10.6 Å². The van der Waals surface area contributed by atoms with Crippen molar-refractivity contribution in [2.75, 3.05) is 13.1 Å². The van der Waals surface area contributed by atoms with E-state index in [1.54, 1.807) is 0 Å². The van der Waals surface area contributed by atoms with Gasteiger partial charge in [0, 0.05) is 25.4 Å². The van der Waals surface area contributed by atoms with Gasteiger partial charge in [-0.05, 0) is 19.4 Å². The molecule has 0 aromatic rings. The second kappa shape index (κ2) is 5.55. The fourth-order valence-corrected chi connectivity index (χ4v) is 1.38. The van der Waals surface area contributed by atoms with E-state index in [4.69, 9.17) is 5.26 Å². The molecule has 0 spiro atoms. The second-order valence-electron chi connectivity index (χ2n) is 3.27. The van der Waals surface area contributed by atoms with Gasteiger partial charge in [0.2, 0.25) is 5.91 Å². The lowest BCUT2D eigenvalue weighted by atomic mass is 10.2. The van der Waals surface area contributed by atoms with E-state index in [0.29, 0.717) is 18.9 Å². The minimum atomic E-state index is 0.134. The van der Waals surface area contributed by atoms with Gasteiger partial charge >= 0.3 is 0 Å². The maximum Gasteiger partial charge on any atom is 0.221 e. The molecule has 1 saturated heterocycles. The average Bonchev–Trinajstić information content (AvgIpc) is 2.51. The molecule has 1 rings (SSSR count). The zero-order valence-electron chi connectivity index (χ0n) is 7.68. The Hall–Kier alpha value is -1.08. The molecular weight excluding hydrogens is 166 g/mol. The highest BCUT2D eigenvalue weighted by Crippen LogP contribution is 1.99. The number of amides is 1. The van der Waals surface area contributed by atoms with E-state index in [-0.39, 0.29) is 5.91 Å². The zero-order valence-corrected chi connectivity index (χ0v) is 7.68. The van der Waals surface area contributed by atoms with Crippen LogP contribution < -0.4 is 10.6 Å². The topological polar surface area (TPSA) is 64.9 Å². The number of carbonyl (C=O) groups is 1. The van der Waals surface area contributed by atoms with Crippen LogP contribution in [0.2, 0.25) is 0 Å². The fourth-order valence-electron chi connectivity index (χ4n) is 1.38. The second-order valence-corrected chi connectivity index (χ2v) is 3.27. The van der Waals surface area contributed by atoms with Crippen molar-refractivity contribution < 1.29 is 4.79 Å². The number of unbranched alkanes of at least 4 members (excludes halogenated alkanes) is 2. The first kappa shape index (κ1) is 10.0. The molecule has 0 saturated carbocycles. The van der Waals surface area contributed by atoms with Gasteiger partial charge in [-0.2, -0.15) is 5.26 Å². The van der Waals surface area contributed by atoms with Crippen LogP contribution >= 0.6 is 0 Å². The molecule has 1 amide bonds. The third-order valence-corrected chi connectivity index (χ3v) is 2.13. The first-order valence-electron chi connectivity index (χ1n) is 4.70. The van der Waals surface area contributed by atoms with Crippen LogP contribution in [0.3, 0.4) is 0 Å². The molecule has 1 unspecified atom stereocenters. The van der Waals surface area contributed by atoms with Gasteiger partial charge in [0.1, 0.15) is 0 Å². The number of carbonyl (C=O) groups excluding carboxylic acids is 1. The van der Waals surface area contributed by atoms with E-state index < -0.39 is 0 Å². The summed E-state index contributed by atoms with van der Waals surface area (Å²) in [6, 6.07) is 2.41. The van der Waals surface area contributed by atoms with Crippen molar-refractivity contribution in [1.82, 2.24) is 10.6 Å². The van der Waals surface area contributed by atoms with Crippen LogP contribution in [0.5, 0.6) is 0 Å². The summed E-state index contributed by atoms with van der Waals surface area (Å²) in [6.07, 6.45) is 3.18. The van der Waals surface area contributed by atoms with Crippen molar-refractivity contribution in [2.24, 2.45) is 0 Å². The van der Waals surface area contributed by atoms with E-state index >= 15 is 0 Å². The summed E-state index contributed by atoms with van der Waals surface area (Å²) in [7, 11) is 0. The Labute approximate surface area is 78.3 Å². The van der Waals surface area contributed by atoms with Crippen molar-refractivity contribution in [2.45, 2.75) is 31.7 Å². The minimum Gasteiger partial charge on any atom is -0.354 e. The third-order valence-electron chi connectivity index (χ3n) is 2.13. The summed E-state index contributed by atoms with van der Waals surface area (Å²) >= 11 is 0. The number of nitriles is 1. The molecule has 1 atom stereocenters. The van der Waals surface area contributed by atoms with Crippen molar-refractivity contribution in [3.63, 3.8) is 0 Å². The van der Waals surface area contributed by atoms with E-state index in [1.165, 1.54) is 0 Å². The van der Waals surface area contributed by atoms with E-state index in [2.05, 4.69) is 16.7 Å². The molecule has 1 aliphatic rings. The lowest BCUT2D eigenvalue weighted by molar-refractivity contribution is -0.119. The van der Waals surface area contributed by atoms with Crippen LogP contribution in [0.4, 0.5) is 0 Å².